The van der Waals surface area contributed by atoms with Gasteiger partial charge in [-0.25, -0.2) is 9.37 Å². The van der Waals surface area contributed by atoms with Crippen molar-refractivity contribution in [3.05, 3.63) is 42.2 Å². The van der Waals surface area contributed by atoms with Gasteiger partial charge in [-0.05, 0) is 56.0 Å². The van der Waals surface area contributed by atoms with Gasteiger partial charge in [-0.2, -0.15) is 5.10 Å². The van der Waals surface area contributed by atoms with E-state index in [9.17, 15) is 4.39 Å². The van der Waals surface area contributed by atoms with Crippen molar-refractivity contribution in [2.45, 2.75) is 26.8 Å². The predicted molar refractivity (Wildman–Crippen MR) is 132 cm³/mol. The third kappa shape index (κ3) is 4.20. The molecule has 1 aliphatic rings. The highest BCUT2D eigenvalue weighted by Gasteiger charge is 2.27. The van der Waals surface area contributed by atoms with Crippen LogP contribution < -0.4 is 4.90 Å². The molecule has 3 heterocycles. The summed E-state index contributed by atoms with van der Waals surface area (Å²) < 4.78 is 13.5. The highest BCUT2D eigenvalue weighted by molar-refractivity contribution is 5.93. The molecule has 1 saturated heterocycles. The molecule has 1 fully saturated rings. The molecule has 8 heteroatoms. The molecule has 0 bridgehead atoms. The number of nitrogens with zero attached hydrogens (tertiary/aromatic N) is 5. The van der Waals surface area contributed by atoms with Crippen LogP contribution in [0.25, 0.3) is 33.5 Å². The van der Waals surface area contributed by atoms with Crippen LogP contribution in [0.3, 0.4) is 0 Å². The Labute approximate surface area is 193 Å². The fraction of sp³-hybridized carbons (Fsp3) is 0.440. The Hall–Kier alpha value is -2.97. The maximum atomic E-state index is 13.5. The number of imidazole rings is 1. The average Bonchev–Trinajstić information content (AvgIpc) is 3.45. The summed E-state index contributed by atoms with van der Waals surface area (Å²) >= 11 is 0. The van der Waals surface area contributed by atoms with E-state index in [1.165, 1.54) is 17.8 Å². The minimum atomic E-state index is -0.283. The van der Waals surface area contributed by atoms with Crippen LogP contribution in [0.5, 0.6) is 0 Å². The average molecular weight is 450 g/mol. The molecule has 174 valence electrons. The smallest absolute Gasteiger partial charge is 0.159 e. The van der Waals surface area contributed by atoms with Crippen LogP contribution in [0, 0.1) is 5.82 Å². The van der Waals surface area contributed by atoms with E-state index in [0.29, 0.717) is 23.1 Å². The second-order valence-corrected chi connectivity index (χ2v) is 8.76. The quantitative estimate of drug-likeness (QED) is 0.445. The number of rotatable bonds is 7. The molecule has 2 aromatic heterocycles. The Balaban J connectivity index is 1.41. The number of piperazine rings is 1. The van der Waals surface area contributed by atoms with E-state index in [0.717, 1.165) is 62.2 Å². The first kappa shape index (κ1) is 21.9. The van der Waals surface area contributed by atoms with E-state index in [2.05, 4.69) is 68.9 Å². The third-order valence-corrected chi connectivity index (χ3v) is 6.95. The van der Waals surface area contributed by atoms with Crippen LogP contribution in [0.2, 0.25) is 0 Å². The van der Waals surface area contributed by atoms with Crippen molar-refractivity contribution in [2.24, 2.45) is 0 Å². The highest BCUT2D eigenvalue weighted by atomic mass is 19.1. The number of fused-ring (bicyclic) bond motifs is 2. The lowest BCUT2D eigenvalue weighted by Gasteiger charge is -2.43. The molecule has 0 saturated carbocycles. The fourth-order valence-corrected chi connectivity index (χ4v) is 4.98. The van der Waals surface area contributed by atoms with Crippen LogP contribution in [-0.2, 0) is 0 Å². The van der Waals surface area contributed by atoms with Gasteiger partial charge < -0.3 is 14.8 Å². The van der Waals surface area contributed by atoms with Crippen molar-refractivity contribution in [3.8, 4) is 11.5 Å². The molecular formula is C25H32FN7. The van der Waals surface area contributed by atoms with Crippen molar-refractivity contribution >= 4 is 27.6 Å². The van der Waals surface area contributed by atoms with Gasteiger partial charge >= 0.3 is 0 Å². The van der Waals surface area contributed by atoms with Crippen molar-refractivity contribution in [3.63, 3.8) is 0 Å². The van der Waals surface area contributed by atoms with Crippen molar-refractivity contribution in [2.75, 3.05) is 50.7 Å². The zero-order valence-corrected chi connectivity index (χ0v) is 19.6. The van der Waals surface area contributed by atoms with Gasteiger partial charge in [0.25, 0.3) is 0 Å². The fourth-order valence-electron chi connectivity index (χ4n) is 4.98. The van der Waals surface area contributed by atoms with E-state index in [4.69, 9.17) is 4.98 Å². The molecule has 0 spiro atoms. The number of H-pyrrole nitrogens is 2. The number of anilines is 1. The molecule has 0 radical (unpaired) electrons. The Morgan fingerprint density at radius 1 is 1.06 bits per heavy atom. The molecule has 5 rings (SSSR count). The monoisotopic (exact) mass is 449 g/mol. The van der Waals surface area contributed by atoms with Gasteiger partial charge in [-0.1, -0.05) is 20.8 Å². The predicted octanol–water partition coefficient (Wildman–Crippen LogP) is 4.10. The number of likely N-dealkylation sites (N-methyl/N-ethyl adjacent to an activating group) is 2. The molecule has 2 N–H and O–H groups in total. The first-order valence-corrected chi connectivity index (χ1v) is 11.9. The zero-order valence-electron chi connectivity index (χ0n) is 19.6. The summed E-state index contributed by atoms with van der Waals surface area (Å²) in [5.41, 5.74) is 4.47. The molecule has 7 nitrogen and oxygen atoms in total. The third-order valence-electron chi connectivity index (χ3n) is 6.95. The Bertz CT molecular complexity index is 1240. The van der Waals surface area contributed by atoms with E-state index in [-0.39, 0.29) is 5.82 Å². The zero-order chi connectivity index (χ0) is 22.9. The number of aromatic nitrogens is 4. The summed E-state index contributed by atoms with van der Waals surface area (Å²) in [5, 5.41) is 8.14. The van der Waals surface area contributed by atoms with Crippen LogP contribution in [0.15, 0.2) is 36.4 Å². The minimum Gasteiger partial charge on any atom is -0.369 e. The maximum absolute atomic E-state index is 13.5. The maximum Gasteiger partial charge on any atom is 0.159 e. The second-order valence-electron chi connectivity index (χ2n) is 8.76. The molecule has 0 aliphatic carbocycles. The van der Waals surface area contributed by atoms with Crippen LogP contribution in [0.1, 0.15) is 20.8 Å². The summed E-state index contributed by atoms with van der Waals surface area (Å²) in [6.07, 6.45) is 0. The number of benzene rings is 2. The molecule has 1 aliphatic heterocycles. The molecule has 0 amide bonds. The first-order chi connectivity index (χ1) is 16.1. The standard InChI is InChI=1S/C25H32FN7/c1-4-31(5-2)15-19-16-33(12-11-32(19)6-3)18-8-10-21-23(14-18)28-25(27-21)24-20-9-7-17(26)13-22(20)29-30-24/h7-10,13-14,19H,4-6,11-12,15-16H2,1-3H3,(H,27,28)(H,29,30). The van der Waals surface area contributed by atoms with Gasteiger partial charge in [0.2, 0.25) is 0 Å². The first-order valence-electron chi connectivity index (χ1n) is 11.9. The normalized spacial score (nSPS) is 17.6. The molecule has 4 aromatic rings. The molecule has 1 atom stereocenters. The van der Waals surface area contributed by atoms with E-state index in [1.54, 1.807) is 6.07 Å². The molecule has 33 heavy (non-hydrogen) atoms. The van der Waals surface area contributed by atoms with E-state index >= 15 is 0 Å². The lowest BCUT2D eigenvalue weighted by atomic mass is 10.1. The van der Waals surface area contributed by atoms with Crippen LogP contribution in [-0.4, -0.2) is 81.8 Å². The minimum absolute atomic E-state index is 0.283. The number of halogens is 1. The lowest BCUT2D eigenvalue weighted by molar-refractivity contribution is 0.136. The summed E-state index contributed by atoms with van der Waals surface area (Å²) in [5.74, 6) is 0.407. The highest BCUT2D eigenvalue weighted by Crippen LogP contribution is 2.29. The summed E-state index contributed by atoms with van der Waals surface area (Å²) in [6.45, 7) is 14.2. The van der Waals surface area contributed by atoms with Gasteiger partial charge in [-0.15, -0.1) is 0 Å². The number of hydrogen-bond acceptors (Lipinski definition) is 5. The van der Waals surface area contributed by atoms with E-state index in [1.807, 2.05) is 0 Å². The van der Waals surface area contributed by atoms with Gasteiger partial charge in [0, 0.05) is 43.3 Å². The molecule has 1 unspecified atom stereocenters. The molecular weight excluding hydrogens is 417 g/mol. The number of nitrogens with one attached hydrogen (secondary N) is 2. The van der Waals surface area contributed by atoms with Gasteiger partial charge in [0.05, 0.1) is 16.6 Å². The van der Waals surface area contributed by atoms with Gasteiger partial charge in [0.15, 0.2) is 5.82 Å². The Kier molecular flexibility index (Phi) is 6.03. The summed E-state index contributed by atoms with van der Waals surface area (Å²) in [4.78, 5) is 15.8. The summed E-state index contributed by atoms with van der Waals surface area (Å²) in [6, 6.07) is 11.6. The van der Waals surface area contributed by atoms with Crippen LogP contribution in [0.4, 0.5) is 10.1 Å². The Morgan fingerprint density at radius 2 is 1.91 bits per heavy atom. The topological polar surface area (TPSA) is 67.1 Å². The van der Waals surface area contributed by atoms with Crippen molar-refractivity contribution < 1.29 is 4.39 Å². The lowest BCUT2D eigenvalue weighted by Crippen LogP contribution is -2.57. The SMILES string of the molecule is CCN(CC)CC1CN(c2ccc3nc(-c4n[nH]c5cc(F)ccc45)[nH]c3c2)CCN1CC. The van der Waals surface area contributed by atoms with Crippen LogP contribution >= 0.6 is 0 Å². The Morgan fingerprint density at radius 3 is 2.70 bits per heavy atom. The van der Waals surface area contributed by atoms with Crippen molar-refractivity contribution in [1.29, 1.82) is 0 Å². The summed E-state index contributed by atoms with van der Waals surface area (Å²) in [7, 11) is 0. The second kappa shape index (κ2) is 9.11. The van der Waals surface area contributed by atoms with E-state index < -0.39 is 0 Å². The molecule has 2 aromatic carbocycles. The number of hydrogen-bond donors (Lipinski definition) is 2. The largest absolute Gasteiger partial charge is 0.369 e. The van der Waals surface area contributed by atoms with Gasteiger partial charge in [-0.3, -0.25) is 10.00 Å². The van der Waals surface area contributed by atoms with Crippen molar-refractivity contribution in [1.82, 2.24) is 30.0 Å². The number of aromatic amines is 2. The van der Waals surface area contributed by atoms with Gasteiger partial charge in [0.1, 0.15) is 11.5 Å².